The van der Waals surface area contributed by atoms with Crippen LogP contribution in [0, 0.1) is 11.6 Å². The Morgan fingerprint density at radius 3 is 2.61 bits per heavy atom. The minimum atomic E-state index is -1.39. The summed E-state index contributed by atoms with van der Waals surface area (Å²) in [5.41, 5.74) is -1.08. The number of aromatic nitrogens is 1. The Morgan fingerprint density at radius 2 is 2.06 bits per heavy atom. The van der Waals surface area contributed by atoms with E-state index in [1.54, 1.807) is 0 Å². The second-order valence-corrected chi connectivity index (χ2v) is 4.11. The van der Waals surface area contributed by atoms with Crippen molar-refractivity contribution < 1.29 is 28.3 Å². The van der Waals surface area contributed by atoms with Crippen LogP contribution in [-0.2, 0) is 0 Å². The Balaban J connectivity index is 2.66. The van der Waals surface area contributed by atoms with Crippen molar-refractivity contribution in [3.8, 4) is 17.1 Å². The van der Waals surface area contributed by atoms with Gasteiger partial charge in [-0.3, -0.25) is 0 Å². The predicted octanol–water partition coefficient (Wildman–Crippen LogP) is 2.79. The van der Waals surface area contributed by atoms with Crippen molar-refractivity contribution in [1.82, 2.24) is 5.16 Å². The third kappa shape index (κ3) is 1.94. The number of phenolic OH excluding ortho intramolecular Hbond substituents is 1. The molecule has 0 aliphatic rings. The predicted molar refractivity (Wildman–Crippen MR) is 58.2 cm³/mol. The van der Waals surface area contributed by atoms with Gasteiger partial charge < -0.3 is 14.7 Å². The third-order valence-electron chi connectivity index (χ3n) is 2.12. The van der Waals surface area contributed by atoms with Gasteiger partial charge in [0.2, 0.25) is 0 Å². The average Bonchev–Trinajstić information content (AvgIpc) is 2.76. The molecule has 0 fully saturated rings. The van der Waals surface area contributed by atoms with Gasteiger partial charge in [0.25, 0.3) is 0 Å². The molecule has 0 radical (unpaired) electrons. The largest absolute Gasteiger partial charge is 0.504 e. The van der Waals surface area contributed by atoms with Gasteiger partial charge in [-0.2, -0.15) is 0 Å². The van der Waals surface area contributed by atoms with Crippen LogP contribution in [0.15, 0.2) is 21.1 Å². The zero-order chi connectivity index (χ0) is 13.4. The lowest BCUT2D eigenvalue weighted by Crippen LogP contribution is -1.94. The summed E-state index contributed by atoms with van der Waals surface area (Å²) in [4.78, 5) is 10.6. The fraction of sp³-hybridized carbons (Fsp3) is 0. The maximum Gasteiger partial charge on any atom is 0.358 e. The van der Waals surface area contributed by atoms with Crippen LogP contribution >= 0.6 is 15.9 Å². The van der Waals surface area contributed by atoms with Gasteiger partial charge in [-0.1, -0.05) is 5.16 Å². The highest BCUT2D eigenvalue weighted by Gasteiger charge is 2.23. The molecule has 0 spiro atoms. The molecule has 0 saturated carbocycles. The molecule has 0 atom stereocenters. The first-order valence-electron chi connectivity index (χ1n) is 4.48. The highest BCUT2D eigenvalue weighted by atomic mass is 79.9. The highest BCUT2D eigenvalue weighted by Crippen LogP contribution is 2.37. The van der Waals surface area contributed by atoms with Crippen LogP contribution in [0.1, 0.15) is 10.5 Å². The summed E-state index contributed by atoms with van der Waals surface area (Å²) in [5.74, 6) is -4.82. The summed E-state index contributed by atoms with van der Waals surface area (Å²) >= 11 is 2.76. The van der Waals surface area contributed by atoms with Crippen molar-refractivity contribution >= 4 is 21.9 Å². The number of aromatic carboxylic acids is 1. The van der Waals surface area contributed by atoms with Crippen molar-refractivity contribution in [3.63, 3.8) is 0 Å². The average molecular weight is 320 g/mol. The van der Waals surface area contributed by atoms with Gasteiger partial charge in [0.05, 0.1) is 4.47 Å². The second-order valence-electron chi connectivity index (χ2n) is 3.26. The van der Waals surface area contributed by atoms with Crippen molar-refractivity contribution in [3.05, 3.63) is 33.9 Å². The zero-order valence-electron chi connectivity index (χ0n) is 8.45. The van der Waals surface area contributed by atoms with Crippen molar-refractivity contribution in [2.45, 2.75) is 0 Å². The summed E-state index contributed by atoms with van der Waals surface area (Å²) < 4.78 is 31.3. The van der Waals surface area contributed by atoms with E-state index in [4.69, 9.17) is 5.11 Å². The topological polar surface area (TPSA) is 83.6 Å². The smallest absolute Gasteiger partial charge is 0.358 e. The van der Waals surface area contributed by atoms with Gasteiger partial charge in [0, 0.05) is 6.07 Å². The number of aromatic hydroxyl groups is 1. The molecule has 0 unspecified atom stereocenters. The van der Waals surface area contributed by atoms with Gasteiger partial charge in [0.1, 0.15) is 5.56 Å². The van der Waals surface area contributed by atoms with E-state index >= 15 is 0 Å². The van der Waals surface area contributed by atoms with Crippen molar-refractivity contribution in [2.24, 2.45) is 0 Å². The van der Waals surface area contributed by atoms with Crippen molar-refractivity contribution in [2.75, 3.05) is 0 Å². The maximum absolute atomic E-state index is 13.7. The van der Waals surface area contributed by atoms with Crippen LogP contribution < -0.4 is 0 Å². The second kappa shape index (κ2) is 4.37. The molecule has 8 heteroatoms. The van der Waals surface area contributed by atoms with Crippen molar-refractivity contribution in [1.29, 1.82) is 0 Å². The van der Waals surface area contributed by atoms with Gasteiger partial charge in [-0.25, -0.2) is 13.6 Å². The molecule has 5 nitrogen and oxygen atoms in total. The van der Waals surface area contributed by atoms with Crippen LogP contribution in [-0.4, -0.2) is 21.3 Å². The summed E-state index contributed by atoms with van der Waals surface area (Å²) in [6.45, 7) is 0. The zero-order valence-corrected chi connectivity index (χ0v) is 10.0. The number of nitrogens with zero attached hydrogens (tertiary/aromatic N) is 1. The number of carbonyl (C=O) groups is 1. The van der Waals surface area contributed by atoms with Gasteiger partial charge in [-0.15, -0.1) is 0 Å². The molecule has 0 saturated heterocycles. The number of phenols is 1. The molecule has 94 valence electrons. The summed E-state index contributed by atoms with van der Waals surface area (Å²) in [6.07, 6.45) is 0. The minimum Gasteiger partial charge on any atom is -0.504 e. The fourth-order valence-corrected chi connectivity index (χ4v) is 1.70. The summed E-state index contributed by atoms with van der Waals surface area (Å²) in [6, 6.07) is 1.62. The first-order chi connectivity index (χ1) is 8.41. The number of benzene rings is 1. The summed E-state index contributed by atoms with van der Waals surface area (Å²) in [7, 11) is 0. The van der Waals surface area contributed by atoms with Gasteiger partial charge in [0.15, 0.2) is 28.8 Å². The number of carboxylic acid groups (broad SMARTS) is 1. The Labute approximate surface area is 107 Å². The van der Waals surface area contributed by atoms with Crippen LogP contribution in [0.5, 0.6) is 5.75 Å². The highest BCUT2D eigenvalue weighted by molar-refractivity contribution is 9.10. The third-order valence-corrected chi connectivity index (χ3v) is 2.70. The van der Waals surface area contributed by atoms with Crippen LogP contribution in [0.3, 0.4) is 0 Å². The number of rotatable bonds is 2. The molecule has 0 amide bonds. The number of halogens is 3. The monoisotopic (exact) mass is 319 g/mol. The quantitative estimate of drug-likeness (QED) is 0.831. The molecule has 0 bridgehead atoms. The SMILES string of the molecule is O=C(O)c1cc(-c2c(O)c(F)cc(Br)c2F)on1. The van der Waals surface area contributed by atoms with Gasteiger partial charge >= 0.3 is 5.97 Å². The number of hydrogen-bond donors (Lipinski definition) is 2. The molecular weight excluding hydrogens is 316 g/mol. The van der Waals surface area contributed by atoms with Crippen LogP contribution in [0.25, 0.3) is 11.3 Å². The Bertz CT molecular complexity index is 615. The van der Waals surface area contributed by atoms with E-state index in [1.807, 2.05) is 0 Å². The minimum absolute atomic E-state index is 0.235. The molecule has 0 aliphatic heterocycles. The lowest BCUT2D eigenvalue weighted by molar-refractivity contribution is 0.0686. The van der Waals surface area contributed by atoms with E-state index in [-0.39, 0.29) is 10.2 Å². The van der Waals surface area contributed by atoms with Crippen LogP contribution in [0.4, 0.5) is 8.78 Å². The molecule has 1 aromatic heterocycles. The molecule has 2 rings (SSSR count). The first-order valence-corrected chi connectivity index (χ1v) is 5.28. The molecular formula is C10H4BrF2NO4. The van der Waals surface area contributed by atoms with E-state index in [1.165, 1.54) is 0 Å². The van der Waals surface area contributed by atoms with E-state index in [0.717, 1.165) is 12.1 Å². The van der Waals surface area contributed by atoms with Gasteiger partial charge in [-0.05, 0) is 22.0 Å². The lowest BCUT2D eigenvalue weighted by Gasteiger charge is -2.05. The molecule has 1 aromatic carbocycles. The number of carboxylic acids is 1. The Morgan fingerprint density at radius 1 is 1.39 bits per heavy atom. The van der Waals surface area contributed by atoms with E-state index in [0.29, 0.717) is 0 Å². The van der Waals surface area contributed by atoms with E-state index in [2.05, 4.69) is 25.6 Å². The van der Waals surface area contributed by atoms with E-state index in [9.17, 15) is 18.7 Å². The van der Waals surface area contributed by atoms with Crippen LogP contribution in [0.2, 0.25) is 0 Å². The normalized spacial score (nSPS) is 10.6. The molecule has 0 aliphatic carbocycles. The number of hydrogen-bond acceptors (Lipinski definition) is 4. The Hall–Kier alpha value is -1.96. The Kier molecular flexibility index (Phi) is 3.04. The standard InChI is InChI=1S/C10H4BrF2NO4/c11-3-1-4(12)9(15)7(8(3)13)6-2-5(10(16)17)14-18-6/h1-2,15H,(H,16,17). The lowest BCUT2D eigenvalue weighted by atomic mass is 10.1. The summed E-state index contributed by atoms with van der Waals surface area (Å²) in [5, 5.41) is 21.2. The fourth-order valence-electron chi connectivity index (χ4n) is 1.30. The van der Waals surface area contributed by atoms with E-state index < -0.39 is 34.6 Å². The molecule has 2 N–H and O–H groups in total. The molecule has 18 heavy (non-hydrogen) atoms. The molecule has 1 heterocycles. The first kappa shape index (κ1) is 12.5. The molecule has 2 aromatic rings. The maximum atomic E-state index is 13.7.